The quantitative estimate of drug-likeness (QED) is 0.373. The minimum Gasteiger partial charge on any atom is -1.00 e. The van der Waals surface area contributed by atoms with Crippen molar-refractivity contribution in [2.45, 2.75) is 0 Å². The van der Waals surface area contributed by atoms with Crippen LogP contribution in [0, 0.1) is 0 Å². The van der Waals surface area contributed by atoms with E-state index in [0.29, 0.717) is 0 Å². The van der Waals surface area contributed by atoms with Gasteiger partial charge in [0.25, 0.3) is 0 Å². The van der Waals surface area contributed by atoms with Crippen LogP contribution in [0.15, 0.2) is 0 Å². The summed E-state index contributed by atoms with van der Waals surface area (Å²) < 4.78 is 0. The molecule has 7 heteroatoms. The van der Waals surface area contributed by atoms with E-state index in [1.165, 1.54) is 0 Å². The number of aliphatic carboxylic acids is 1. The molecule has 2 radical (unpaired) electrons. The van der Waals surface area contributed by atoms with E-state index in [1.807, 2.05) is 0 Å². The molecular formula is C2H11AlNNaO4. The van der Waals surface area contributed by atoms with Crippen LogP contribution in [0.3, 0.4) is 0 Å². The van der Waals surface area contributed by atoms with Crippen LogP contribution in [-0.2, 0) is 4.79 Å². The SMILES string of the molecule is NCC(=O)O.O.O.[AlH].[H-].[Na+]. The zero-order valence-corrected chi connectivity index (χ0v) is 8.76. The Morgan fingerprint density at radius 1 is 1.56 bits per heavy atom. The van der Waals surface area contributed by atoms with Gasteiger partial charge in [-0.1, -0.05) is 0 Å². The van der Waals surface area contributed by atoms with E-state index in [4.69, 9.17) is 5.11 Å². The Morgan fingerprint density at radius 2 is 1.67 bits per heavy atom. The van der Waals surface area contributed by atoms with Gasteiger partial charge in [0.1, 0.15) is 0 Å². The van der Waals surface area contributed by atoms with E-state index in [1.54, 1.807) is 0 Å². The Hall–Kier alpha value is 0.882. The third-order valence-corrected chi connectivity index (χ3v) is 0.175. The molecule has 52 valence electrons. The van der Waals surface area contributed by atoms with Crippen molar-refractivity contribution in [1.29, 1.82) is 0 Å². The summed E-state index contributed by atoms with van der Waals surface area (Å²) in [7, 11) is 0. The van der Waals surface area contributed by atoms with E-state index >= 15 is 0 Å². The zero-order valence-electron chi connectivity index (χ0n) is 6.35. The van der Waals surface area contributed by atoms with Crippen LogP contribution in [0.5, 0.6) is 0 Å². The number of hydrogen-bond acceptors (Lipinski definition) is 2. The van der Waals surface area contributed by atoms with Crippen LogP contribution in [0.25, 0.3) is 0 Å². The molecule has 0 aromatic heterocycles. The fraction of sp³-hybridized carbons (Fsp3) is 0.500. The summed E-state index contributed by atoms with van der Waals surface area (Å²) in [6.07, 6.45) is 0. The van der Waals surface area contributed by atoms with E-state index in [-0.39, 0.29) is 65.8 Å². The monoisotopic (exact) mass is 163 g/mol. The first-order valence-corrected chi connectivity index (χ1v) is 1.19. The number of carbonyl (C=O) groups is 1. The molecule has 0 bridgehead atoms. The minimum absolute atomic E-state index is 0. The summed E-state index contributed by atoms with van der Waals surface area (Å²) in [5.41, 5.74) is 4.57. The maximum Gasteiger partial charge on any atom is 1.00 e. The Labute approximate surface area is 87.1 Å². The zero-order chi connectivity index (χ0) is 4.28. The second kappa shape index (κ2) is 23.2. The number of nitrogens with two attached hydrogens (primary N) is 1. The average molecular weight is 163 g/mol. The number of carboxylic acids is 1. The average Bonchev–Trinajstić information content (AvgIpc) is 1.38. The van der Waals surface area contributed by atoms with Crippen molar-refractivity contribution >= 4 is 23.3 Å². The largest absolute Gasteiger partial charge is 1.00 e. The predicted molar refractivity (Wildman–Crippen MR) is 32.2 cm³/mol. The van der Waals surface area contributed by atoms with Crippen LogP contribution >= 0.6 is 0 Å². The molecule has 9 heavy (non-hydrogen) atoms. The van der Waals surface area contributed by atoms with Crippen LogP contribution in [0.1, 0.15) is 1.43 Å². The molecule has 5 nitrogen and oxygen atoms in total. The molecule has 0 aliphatic carbocycles. The molecule has 0 heterocycles. The Balaban J connectivity index is -0.00000000800. The molecule has 0 spiro atoms. The number of rotatable bonds is 1. The maximum atomic E-state index is 9.24. The fourth-order valence-corrected chi connectivity index (χ4v) is 0. The maximum absolute atomic E-state index is 9.24. The number of hydrogen-bond donors (Lipinski definition) is 2. The van der Waals surface area contributed by atoms with Crippen LogP contribution < -0.4 is 35.3 Å². The van der Waals surface area contributed by atoms with Gasteiger partial charge in [-0.3, -0.25) is 4.79 Å². The molecule has 0 aliphatic heterocycles. The molecular weight excluding hydrogens is 152 g/mol. The van der Waals surface area contributed by atoms with Crippen LogP contribution in [0.4, 0.5) is 0 Å². The molecule has 0 aromatic rings. The Bertz CT molecular complexity index is 58.5. The first-order chi connectivity index (χ1) is 2.27. The smallest absolute Gasteiger partial charge is 1.00 e. The summed E-state index contributed by atoms with van der Waals surface area (Å²) in [5.74, 6) is -0.968. The topological polar surface area (TPSA) is 126 Å². The van der Waals surface area contributed by atoms with Gasteiger partial charge in [-0.05, 0) is 0 Å². The second-order valence-electron chi connectivity index (χ2n) is 0.598. The molecule has 0 atom stereocenters. The molecule has 0 unspecified atom stereocenters. The van der Waals surface area contributed by atoms with E-state index < -0.39 is 5.97 Å². The van der Waals surface area contributed by atoms with E-state index in [2.05, 4.69) is 5.73 Å². The van der Waals surface area contributed by atoms with Gasteiger partial charge in [0, 0.05) is 0 Å². The van der Waals surface area contributed by atoms with Crippen molar-refractivity contribution in [3.63, 3.8) is 0 Å². The summed E-state index contributed by atoms with van der Waals surface area (Å²) >= 11 is 0. The van der Waals surface area contributed by atoms with Gasteiger partial charge < -0.3 is 23.2 Å². The van der Waals surface area contributed by atoms with Gasteiger partial charge in [-0.2, -0.15) is 0 Å². The normalized spacial score (nSPS) is 4.11. The second-order valence-corrected chi connectivity index (χ2v) is 0.598. The third kappa shape index (κ3) is 50.6. The summed E-state index contributed by atoms with van der Waals surface area (Å²) in [6, 6.07) is 0. The summed E-state index contributed by atoms with van der Waals surface area (Å²) in [4.78, 5) is 9.24. The molecule has 0 aromatic carbocycles. The van der Waals surface area contributed by atoms with Crippen molar-refractivity contribution in [2.75, 3.05) is 6.54 Å². The Kier molecular flexibility index (Phi) is 84.1. The van der Waals surface area contributed by atoms with Crippen molar-refractivity contribution < 1.29 is 51.8 Å². The van der Waals surface area contributed by atoms with Crippen molar-refractivity contribution in [3.05, 3.63) is 0 Å². The van der Waals surface area contributed by atoms with Gasteiger partial charge in [-0.25, -0.2) is 0 Å². The van der Waals surface area contributed by atoms with Crippen molar-refractivity contribution in [1.82, 2.24) is 0 Å². The molecule has 0 amide bonds. The summed E-state index contributed by atoms with van der Waals surface area (Å²) in [6.45, 7) is -0.278. The predicted octanol–water partition coefficient (Wildman–Crippen LogP) is -6.15. The molecule has 0 aliphatic rings. The third-order valence-electron chi connectivity index (χ3n) is 0.175. The molecule has 7 N–H and O–H groups in total. The summed E-state index contributed by atoms with van der Waals surface area (Å²) in [5, 5.41) is 7.60. The van der Waals surface area contributed by atoms with Gasteiger partial charge in [0.15, 0.2) is 0 Å². The van der Waals surface area contributed by atoms with Crippen molar-refractivity contribution in [3.8, 4) is 0 Å². The fourth-order valence-electron chi connectivity index (χ4n) is 0. The van der Waals surface area contributed by atoms with E-state index in [0.717, 1.165) is 0 Å². The molecule has 0 saturated heterocycles. The van der Waals surface area contributed by atoms with Gasteiger partial charge in [-0.15, -0.1) is 0 Å². The van der Waals surface area contributed by atoms with Gasteiger partial charge in [0.2, 0.25) is 0 Å². The Morgan fingerprint density at radius 3 is 1.67 bits per heavy atom. The first-order valence-electron chi connectivity index (χ1n) is 1.19. The van der Waals surface area contributed by atoms with Crippen molar-refractivity contribution in [2.24, 2.45) is 5.73 Å². The first kappa shape index (κ1) is 32.7. The molecule has 0 rings (SSSR count). The van der Waals surface area contributed by atoms with Gasteiger partial charge in [0.05, 0.1) is 23.9 Å². The number of carboxylic acid groups (broad SMARTS) is 1. The van der Waals surface area contributed by atoms with Gasteiger partial charge >= 0.3 is 35.5 Å². The van der Waals surface area contributed by atoms with E-state index in [9.17, 15) is 4.79 Å². The standard InChI is InChI=1S/C2H5NO2.Al.Na.2H2O.2H/c3-1-2(4)5;;;;;;/h1,3H2,(H,4,5);;;2*1H2;;/q;;+1;;;;-1. The molecule has 0 saturated carbocycles. The minimum atomic E-state index is -0.968. The van der Waals surface area contributed by atoms with Crippen LogP contribution in [-0.4, -0.2) is 45.9 Å². The molecule has 0 fully saturated rings. The van der Waals surface area contributed by atoms with Crippen LogP contribution in [0.2, 0.25) is 0 Å².